The number of esters is 2. The molecule has 2 saturated carbocycles. The van der Waals surface area contributed by atoms with Gasteiger partial charge in [-0.25, -0.2) is 0 Å². The van der Waals surface area contributed by atoms with Crippen LogP contribution < -0.4 is 0 Å². The van der Waals surface area contributed by atoms with Crippen LogP contribution in [0.25, 0.3) is 0 Å². The van der Waals surface area contributed by atoms with E-state index in [1.165, 1.54) is 14.2 Å². The minimum absolute atomic E-state index is 0.103. The van der Waals surface area contributed by atoms with Gasteiger partial charge in [-0.15, -0.1) is 0 Å². The van der Waals surface area contributed by atoms with Gasteiger partial charge in [0.25, 0.3) is 0 Å². The highest BCUT2D eigenvalue weighted by atomic mass is 16.7. The van der Waals surface area contributed by atoms with E-state index in [1.807, 2.05) is 6.92 Å². The fourth-order valence-electron chi connectivity index (χ4n) is 5.36. The lowest BCUT2D eigenvalue weighted by atomic mass is 9.46. The van der Waals surface area contributed by atoms with Crippen molar-refractivity contribution in [1.82, 2.24) is 0 Å². The molecule has 6 nitrogen and oxygen atoms in total. The summed E-state index contributed by atoms with van der Waals surface area (Å²) in [6.45, 7) is 4.34. The van der Waals surface area contributed by atoms with E-state index in [0.29, 0.717) is 6.42 Å². The molecule has 0 aromatic carbocycles. The minimum atomic E-state index is -0.741. The van der Waals surface area contributed by atoms with E-state index in [1.54, 1.807) is 7.11 Å². The van der Waals surface area contributed by atoms with Gasteiger partial charge >= 0.3 is 11.9 Å². The number of rotatable bonds is 6. The molecule has 5 unspecified atom stereocenters. The average molecular weight is 356 g/mol. The quantitative estimate of drug-likeness (QED) is 0.538. The maximum atomic E-state index is 12.8. The highest BCUT2D eigenvalue weighted by Gasteiger charge is 2.61. The van der Waals surface area contributed by atoms with Gasteiger partial charge in [0.1, 0.15) is 6.79 Å². The Morgan fingerprint density at radius 1 is 1.04 bits per heavy atom. The molecule has 0 amide bonds. The van der Waals surface area contributed by atoms with Crippen LogP contribution in [-0.4, -0.2) is 46.2 Å². The van der Waals surface area contributed by atoms with Gasteiger partial charge in [0.15, 0.2) is 0 Å². The van der Waals surface area contributed by atoms with Crippen molar-refractivity contribution in [2.75, 3.05) is 28.1 Å². The number of hydrogen-bond donors (Lipinski definition) is 0. The zero-order chi connectivity index (χ0) is 18.7. The summed E-state index contributed by atoms with van der Waals surface area (Å²) in [7, 11) is 4.44. The maximum Gasteiger partial charge on any atom is 0.314 e. The van der Waals surface area contributed by atoms with Crippen molar-refractivity contribution >= 4 is 11.9 Å². The zero-order valence-electron chi connectivity index (χ0n) is 16.1. The van der Waals surface area contributed by atoms with Gasteiger partial charge in [0.05, 0.1) is 25.7 Å². The summed E-state index contributed by atoms with van der Waals surface area (Å²) in [5, 5.41) is 0. The SMILES string of the molecule is COCOC1CCC2(C)C(CC(=O)OC)CCCC2C1(C)C(=O)OC. The van der Waals surface area contributed by atoms with Gasteiger partial charge in [-0.1, -0.05) is 13.3 Å². The molecule has 144 valence electrons. The van der Waals surface area contributed by atoms with E-state index in [2.05, 4.69) is 6.92 Å². The molecule has 0 aliphatic heterocycles. The van der Waals surface area contributed by atoms with Gasteiger partial charge in [-0.05, 0) is 49.9 Å². The van der Waals surface area contributed by atoms with Crippen LogP contribution in [0.15, 0.2) is 0 Å². The predicted octanol–water partition coefficient (Wildman–Crippen LogP) is 2.93. The lowest BCUT2D eigenvalue weighted by molar-refractivity contribution is -0.211. The van der Waals surface area contributed by atoms with Crippen LogP contribution in [0.1, 0.15) is 52.4 Å². The fourth-order valence-corrected chi connectivity index (χ4v) is 5.36. The summed E-state index contributed by atoms with van der Waals surface area (Å²) in [5.41, 5.74) is -0.850. The molecule has 0 aromatic rings. The fraction of sp³-hybridized carbons (Fsp3) is 0.895. The minimum Gasteiger partial charge on any atom is -0.469 e. The first-order chi connectivity index (χ1) is 11.8. The first-order valence-corrected chi connectivity index (χ1v) is 9.10. The molecule has 2 aliphatic rings. The van der Waals surface area contributed by atoms with Gasteiger partial charge in [-0.2, -0.15) is 0 Å². The van der Waals surface area contributed by atoms with Crippen molar-refractivity contribution in [3.63, 3.8) is 0 Å². The third-order valence-corrected chi connectivity index (χ3v) is 6.77. The van der Waals surface area contributed by atoms with Crippen LogP contribution in [-0.2, 0) is 28.5 Å². The van der Waals surface area contributed by atoms with Crippen LogP contribution >= 0.6 is 0 Å². The molecule has 6 heteroatoms. The van der Waals surface area contributed by atoms with E-state index >= 15 is 0 Å². The molecule has 5 atom stereocenters. The smallest absolute Gasteiger partial charge is 0.314 e. The van der Waals surface area contributed by atoms with Crippen LogP contribution in [0.4, 0.5) is 0 Å². The van der Waals surface area contributed by atoms with Crippen LogP contribution in [0.3, 0.4) is 0 Å². The summed E-state index contributed by atoms with van der Waals surface area (Å²) in [5.74, 6) is -0.0924. The average Bonchev–Trinajstić information content (AvgIpc) is 2.61. The Hall–Kier alpha value is -1.14. The van der Waals surface area contributed by atoms with E-state index in [9.17, 15) is 9.59 Å². The highest BCUT2D eigenvalue weighted by Crippen LogP contribution is 2.61. The largest absolute Gasteiger partial charge is 0.469 e. The Bertz CT molecular complexity index is 492. The monoisotopic (exact) mass is 356 g/mol. The number of carbonyl (C=O) groups excluding carboxylic acids is 2. The summed E-state index contributed by atoms with van der Waals surface area (Å²) in [6, 6.07) is 0. The second kappa shape index (κ2) is 8.04. The van der Waals surface area contributed by atoms with Gasteiger partial charge in [0.2, 0.25) is 0 Å². The summed E-state index contributed by atoms with van der Waals surface area (Å²) >= 11 is 0. The Kier molecular flexibility index (Phi) is 6.49. The standard InChI is InChI=1S/C19H32O6/c1-18-10-9-15(25-12-22-3)19(2,17(21)24-5)14(18)8-6-7-13(18)11-16(20)23-4/h13-15H,6-12H2,1-5H3. The second-order valence-electron chi connectivity index (χ2n) is 7.84. The third kappa shape index (κ3) is 3.56. The van der Waals surface area contributed by atoms with E-state index < -0.39 is 5.41 Å². The van der Waals surface area contributed by atoms with Crippen LogP contribution in [0.2, 0.25) is 0 Å². The summed E-state index contributed by atoms with van der Waals surface area (Å²) in [4.78, 5) is 24.7. The van der Waals surface area contributed by atoms with E-state index in [-0.39, 0.29) is 42.1 Å². The molecule has 2 fully saturated rings. The Morgan fingerprint density at radius 3 is 2.36 bits per heavy atom. The zero-order valence-corrected chi connectivity index (χ0v) is 16.1. The van der Waals surface area contributed by atoms with Crippen molar-refractivity contribution in [2.45, 2.75) is 58.5 Å². The molecule has 25 heavy (non-hydrogen) atoms. The first-order valence-electron chi connectivity index (χ1n) is 9.10. The Balaban J connectivity index is 2.35. The second-order valence-corrected chi connectivity index (χ2v) is 7.84. The third-order valence-electron chi connectivity index (χ3n) is 6.77. The molecule has 2 aliphatic carbocycles. The Morgan fingerprint density at radius 2 is 1.76 bits per heavy atom. The van der Waals surface area contributed by atoms with Crippen molar-refractivity contribution in [3.8, 4) is 0 Å². The van der Waals surface area contributed by atoms with Crippen molar-refractivity contribution in [2.24, 2.45) is 22.7 Å². The van der Waals surface area contributed by atoms with E-state index in [4.69, 9.17) is 18.9 Å². The Labute approximate surface area is 150 Å². The normalized spacial score (nSPS) is 37.9. The molecule has 2 rings (SSSR count). The highest BCUT2D eigenvalue weighted by molar-refractivity contribution is 5.78. The molecule has 0 bridgehead atoms. The van der Waals surface area contributed by atoms with Gasteiger partial charge in [-0.3, -0.25) is 9.59 Å². The lowest BCUT2D eigenvalue weighted by Crippen LogP contribution is -2.60. The van der Waals surface area contributed by atoms with Crippen molar-refractivity contribution < 1.29 is 28.5 Å². The maximum absolute atomic E-state index is 12.8. The molecule has 0 heterocycles. The number of carbonyl (C=O) groups is 2. The predicted molar refractivity (Wildman–Crippen MR) is 91.7 cm³/mol. The number of fused-ring (bicyclic) bond motifs is 1. The first kappa shape index (κ1) is 20.2. The van der Waals surface area contributed by atoms with Crippen LogP contribution in [0.5, 0.6) is 0 Å². The summed E-state index contributed by atoms with van der Waals surface area (Å²) in [6.07, 6.45) is 4.75. The number of hydrogen-bond acceptors (Lipinski definition) is 6. The lowest BCUT2D eigenvalue weighted by Gasteiger charge is -2.58. The molecular weight excluding hydrogens is 324 g/mol. The van der Waals surface area contributed by atoms with Gasteiger partial charge < -0.3 is 18.9 Å². The summed E-state index contributed by atoms with van der Waals surface area (Å²) < 4.78 is 21.0. The molecular formula is C19H32O6. The molecule has 0 radical (unpaired) electrons. The van der Waals surface area contributed by atoms with Crippen LogP contribution in [0, 0.1) is 22.7 Å². The molecule has 0 aromatic heterocycles. The molecule has 0 N–H and O–H groups in total. The molecule has 0 spiro atoms. The van der Waals surface area contributed by atoms with Crippen molar-refractivity contribution in [3.05, 3.63) is 0 Å². The number of methoxy groups -OCH3 is 3. The number of ether oxygens (including phenoxy) is 4. The topological polar surface area (TPSA) is 71.1 Å². The van der Waals surface area contributed by atoms with Crippen molar-refractivity contribution in [1.29, 1.82) is 0 Å². The van der Waals surface area contributed by atoms with Gasteiger partial charge in [0, 0.05) is 13.5 Å². The molecule has 0 saturated heterocycles. The van der Waals surface area contributed by atoms with E-state index in [0.717, 1.165) is 32.1 Å².